The predicted octanol–water partition coefficient (Wildman–Crippen LogP) is 1.36. The Morgan fingerprint density at radius 2 is 1.48 bits per heavy atom. The molecule has 0 unspecified atom stereocenters. The molecule has 4 saturated heterocycles. The van der Waals surface area contributed by atoms with Crippen LogP contribution in [0, 0.1) is 10.1 Å². The van der Waals surface area contributed by atoms with Gasteiger partial charge in [-0.15, -0.1) is 6.58 Å². The summed E-state index contributed by atoms with van der Waals surface area (Å²) in [6, 6.07) is 0. The van der Waals surface area contributed by atoms with Crippen molar-refractivity contribution in [2.24, 2.45) is 0 Å². The van der Waals surface area contributed by atoms with Crippen molar-refractivity contribution in [2.75, 3.05) is 19.8 Å². The minimum absolute atomic E-state index is 0.151. The summed E-state index contributed by atoms with van der Waals surface area (Å²) in [7, 11) is 0. The Balaban J connectivity index is 1.42. The molecule has 176 valence electrons. The standard InChI is InChI=1S/C20H31NO10/c1-6-9-24-14-12(27-18-16(14)29-20(4,5)31-18)10-25-13-11(7-8-21(22)23)26-17-15(13)28-19(2,3)30-17/h6,11-18H,1,7-10H2,2-5H3/t11-,12-,13+,14+,15-,16-,17-,18-/m1/s1. The van der Waals surface area contributed by atoms with Gasteiger partial charge in [0.15, 0.2) is 24.2 Å². The molecule has 0 spiro atoms. The molecule has 0 aromatic rings. The van der Waals surface area contributed by atoms with Crippen LogP contribution in [0.1, 0.15) is 34.1 Å². The van der Waals surface area contributed by atoms with Crippen LogP contribution in [0.5, 0.6) is 0 Å². The van der Waals surface area contributed by atoms with Gasteiger partial charge in [0, 0.05) is 11.3 Å². The van der Waals surface area contributed by atoms with Gasteiger partial charge in [-0.25, -0.2) is 0 Å². The van der Waals surface area contributed by atoms with E-state index in [1.54, 1.807) is 19.9 Å². The van der Waals surface area contributed by atoms with E-state index in [1.807, 2.05) is 13.8 Å². The lowest BCUT2D eigenvalue weighted by Crippen LogP contribution is -2.43. The van der Waals surface area contributed by atoms with Crippen molar-refractivity contribution in [2.45, 2.75) is 94.9 Å². The first-order valence-electron chi connectivity index (χ1n) is 10.6. The average molecular weight is 445 g/mol. The summed E-state index contributed by atoms with van der Waals surface area (Å²) in [6.45, 7) is 11.1. The van der Waals surface area contributed by atoms with E-state index in [2.05, 4.69) is 6.58 Å². The second-order valence-corrected chi connectivity index (χ2v) is 9.02. The third-order valence-corrected chi connectivity index (χ3v) is 5.63. The Bertz CT molecular complexity index is 685. The Labute approximate surface area is 181 Å². The van der Waals surface area contributed by atoms with Crippen LogP contribution in [0.3, 0.4) is 0 Å². The molecule has 31 heavy (non-hydrogen) atoms. The smallest absolute Gasteiger partial charge is 0.206 e. The Hall–Kier alpha value is -1.18. The van der Waals surface area contributed by atoms with Crippen LogP contribution in [-0.2, 0) is 37.9 Å². The fourth-order valence-corrected chi connectivity index (χ4v) is 4.48. The van der Waals surface area contributed by atoms with Gasteiger partial charge in [-0.05, 0) is 27.7 Å². The summed E-state index contributed by atoms with van der Waals surface area (Å²) >= 11 is 0. The van der Waals surface area contributed by atoms with Gasteiger partial charge in [0.2, 0.25) is 6.54 Å². The molecular formula is C20H31NO10. The summed E-state index contributed by atoms with van der Waals surface area (Å²) in [6.07, 6.45) is -2.22. The first-order chi connectivity index (χ1) is 14.6. The van der Waals surface area contributed by atoms with Crippen LogP contribution in [0.15, 0.2) is 12.7 Å². The topological polar surface area (TPSA) is 117 Å². The van der Waals surface area contributed by atoms with E-state index in [0.29, 0.717) is 6.61 Å². The van der Waals surface area contributed by atoms with E-state index < -0.39 is 60.8 Å². The van der Waals surface area contributed by atoms with Gasteiger partial charge in [0.25, 0.3) is 0 Å². The summed E-state index contributed by atoms with van der Waals surface area (Å²) in [5.74, 6) is -1.59. The van der Waals surface area contributed by atoms with Crippen LogP contribution in [0.4, 0.5) is 0 Å². The van der Waals surface area contributed by atoms with Gasteiger partial charge in [-0.2, -0.15) is 0 Å². The molecular weight excluding hydrogens is 414 g/mol. The maximum Gasteiger partial charge on any atom is 0.206 e. The van der Waals surface area contributed by atoms with E-state index in [0.717, 1.165) is 0 Å². The number of nitro groups is 1. The van der Waals surface area contributed by atoms with Gasteiger partial charge in [-0.3, -0.25) is 10.1 Å². The lowest BCUT2D eigenvalue weighted by Gasteiger charge is -2.29. The van der Waals surface area contributed by atoms with Crippen LogP contribution in [0.25, 0.3) is 0 Å². The van der Waals surface area contributed by atoms with Crippen molar-refractivity contribution >= 4 is 0 Å². The van der Waals surface area contributed by atoms with Crippen LogP contribution < -0.4 is 0 Å². The van der Waals surface area contributed by atoms with Crippen molar-refractivity contribution in [3.05, 3.63) is 22.8 Å². The van der Waals surface area contributed by atoms with Gasteiger partial charge < -0.3 is 37.9 Å². The highest BCUT2D eigenvalue weighted by atomic mass is 16.9. The summed E-state index contributed by atoms with van der Waals surface area (Å²) < 4.78 is 47.5. The van der Waals surface area contributed by atoms with Crippen LogP contribution in [-0.4, -0.2) is 85.5 Å². The first kappa shape index (κ1) is 23.0. The third-order valence-electron chi connectivity index (χ3n) is 5.63. The molecule has 0 bridgehead atoms. The van der Waals surface area contributed by atoms with Crippen LogP contribution in [0.2, 0.25) is 0 Å². The minimum atomic E-state index is -0.825. The van der Waals surface area contributed by atoms with Crippen molar-refractivity contribution in [1.82, 2.24) is 0 Å². The average Bonchev–Trinajstić information content (AvgIpc) is 3.31. The lowest BCUT2D eigenvalue weighted by atomic mass is 10.1. The van der Waals surface area contributed by atoms with E-state index in [9.17, 15) is 10.1 Å². The SMILES string of the molecule is C=CCO[C@@H]1[C@H]2OC(C)(C)O[C@H]2O[C@@H]1CO[C@@H]1[C@H]2OC(C)(C)O[C@H]2O[C@@H]1CC[N+](=O)[O-]. The fourth-order valence-electron chi connectivity index (χ4n) is 4.48. The van der Waals surface area contributed by atoms with Crippen molar-refractivity contribution < 1.29 is 42.8 Å². The van der Waals surface area contributed by atoms with Crippen LogP contribution >= 0.6 is 0 Å². The normalized spacial score (nSPS) is 42.5. The molecule has 0 saturated carbocycles. The molecule has 4 aliphatic rings. The largest absolute Gasteiger partial charge is 0.370 e. The molecule has 0 aromatic heterocycles. The molecule has 11 nitrogen and oxygen atoms in total. The number of hydrogen-bond acceptors (Lipinski definition) is 10. The molecule has 0 aromatic carbocycles. The highest BCUT2D eigenvalue weighted by molar-refractivity contribution is 4.97. The second kappa shape index (κ2) is 8.64. The highest BCUT2D eigenvalue weighted by Gasteiger charge is 2.58. The Morgan fingerprint density at radius 1 is 0.935 bits per heavy atom. The first-order valence-corrected chi connectivity index (χ1v) is 10.6. The van der Waals surface area contributed by atoms with E-state index in [4.69, 9.17) is 37.9 Å². The van der Waals surface area contributed by atoms with Gasteiger partial charge >= 0.3 is 0 Å². The number of ether oxygens (including phenoxy) is 8. The second-order valence-electron chi connectivity index (χ2n) is 9.02. The Morgan fingerprint density at radius 3 is 2.03 bits per heavy atom. The number of hydrogen-bond donors (Lipinski definition) is 0. The Kier molecular flexibility index (Phi) is 6.41. The summed E-state index contributed by atoms with van der Waals surface area (Å²) in [5.41, 5.74) is 0. The molecule has 0 amide bonds. The van der Waals surface area contributed by atoms with Crippen molar-refractivity contribution in [3.63, 3.8) is 0 Å². The van der Waals surface area contributed by atoms with Gasteiger partial charge in [0.1, 0.15) is 30.5 Å². The summed E-state index contributed by atoms with van der Waals surface area (Å²) in [4.78, 5) is 10.5. The number of fused-ring (bicyclic) bond motifs is 2. The summed E-state index contributed by atoms with van der Waals surface area (Å²) in [5, 5.41) is 10.9. The molecule has 4 aliphatic heterocycles. The van der Waals surface area contributed by atoms with Crippen molar-refractivity contribution in [3.8, 4) is 0 Å². The van der Waals surface area contributed by atoms with Gasteiger partial charge in [-0.1, -0.05) is 6.08 Å². The molecule has 4 heterocycles. The molecule has 0 aliphatic carbocycles. The molecule has 0 N–H and O–H groups in total. The molecule has 11 heteroatoms. The predicted molar refractivity (Wildman–Crippen MR) is 104 cm³/mol. The van der Waals surface area contributed by atoms with Gasteiger partial charge in [0.05, 0.1) is 19.3 Å². The van der Waals surface area contributed by atoms with Crippen molar-refractivity contribution in [1.29, 1.82) is 0 Å². The lowest BCUT2D eigenvalue weighted by molar-refractivity contribution is -0.482. The quantitative estimate of drug-likeness (QED) is 0.292. The van der Waals surface area contributed by atoms with E-state index in [-0.39, 0.29) is 24.5 Å². The van der Waals surface area contributed by atoms with E-state index >= 15 is 0 Å². The maximum atomic E-state index is 10.9. The minimum Gasteiger partial charge on any atom is -0.370 e. The molecule has 4 fully saturated rings. The molecule has 0 radical (unpaired) electrons. The molecule has 8 atom stereocenters. The monoisotopic (exact) mass is 445 g/mol. The third kappa shape index (κ3) is 4.93. The zero-order valence-electron chi connectivity index (χ0n) is 18.3. The number of nitrogens with zero attached hydrogens (tertiary/aromatic N) is 1. The maximum absolute atomic E-state index is 10.9. The zero-order chi connectivity index (χ0) is 22.4. The highest BCUT2D eigenvalue weighted by Crippen LogP contribution is 2.42. The fraction of sp³-hybridized carbons (Fsp3) is 0.900. The molecule has 4 rings (SSSR count). The zero-order valence-corrected chi connectivity index (χ0v) is 18.3. The number of rotatable bonds is 9. The van der Waals surface area contributed by atoms with E-state index in [1.165, 1.54) is 0 Å².